The summed E-state index contributed by atoms with van der Waals surface area (Å²) in [7, 11) is 3.49. The van der Waals surface area contributed by atoms with Crippen LogP contribution in [-0.4, -0.2) is 81.4 Å². The van der Waals surface area contributed by atoms with Gasteiger partial charge in [0, 0.05) is 42.2 Å². The van der Waals surface area contributed by atoms with E-state index in [1.54, 1.807) is 48.2 Å². The molecule has 1 amide bonds. The van der Waals surface area contributed by atoms with Crippen LogP contribution in [-0.2, 0) is 9.53 Å². The number of aryl methyl sites for hydroxylation is 1. The number of aromatic nitrogens is 5. The van der Waals surface area contributed by atoms with E-state index in [2.05, 4.69) is 30.7 Å². The third-order valence-corrected chi connectivity index (χ3v) is 8.53. The standard InChI is InChI=1S/C34H35FN8O5/c1-20-11-27(30(45-3)16-29(20)47-22-6-9-43-32(13-22)37-19-39-43)40-33-24-14-28(41-34(44)25(35)12-21-5-4-8-42(21)2)31(15-26(24)36-18-38-33)48-23-7-10-46-17-23/h6,9,11-16,18-19,21,23H,4-5,7-8,10,17H2,1-3H3,(H,41,44)(H,36,38,40)/b25-12+/t21-,23?/m1/s1. The molecule has 248 valence electrons. The first-order chi connectivity index (χ1) is 23.3. The molecule has 0 bridgehead atoms. The van der Waals surface area contributed by atoms with E-state index in [0.29, 0.717) is 70.7 Å². The molecule has 13 nitrogen and oxygen atoms in total. The third-order valence-electron chi connectivity index (χ3n) is 8.53. The Balaban J connectivity index is 1.19. The predicted molar refractivity (Wildman–Crippen MR) is 177 cm³/mol. The zero-order valence-corrected chi connectivity index (χ0v) is 26.8. The van der Waals surface area contributed by atoms with Crippen molar-refractivity contribution in [2.75, 3.05) is 44.5 Å². The van der Waals surface area contributed by atoms with Gasteiger partial charge in [-0.1, -0.05) is 0 Å². The van der Waals surface area contributed by atoms with E-state index >= 15 is 4.39 Å². The fraction of sp³-hybridized carbons (Fsp3) is 0.324. The Kier molecular flexibility index (Phi) is 8.74. The smallest absolute Gasteiger partial charge is 0.284 e. The molecule has 0 spiro atoms. The molecule has 0 radical (unpaired) electrons. The van der Waals surface area contributed by atoms with Gasteiger partial charge in [0.25, 0.3) is 5.91 Å². The van der Waals surface area contributed by atoms with Gasteiger partial charge in [-0.05, 0) is 63.2 Å². The lowest BCUT2D eigenvalue weighted by molar-refractivity contribution is -0.114. The van der Waals surface area contributed by atoms with Crippen molar-refractivity contribution in [2.24, 2.45) is 0 Å². The van der Waals surface area contributed by atoms with Crippen LogP contribution in [0, 0.1) is 6.92 Å². The van der Waals surface area contributed by atoms with E-state index in [9.17, 15) is 4.79 Å². The van der Waals surface area contributed by atoms with E-state index < -0.39 is 11.7 Å². The van der Waals surface area contributed by atoms with Crippen LogP contribution in [0.4, 0.5) is 21.6 Å². The number of ether oxygens (including phenoxy) is 4. The number of likely N-dealkylation sites (N-methyl/N-ethyl adjacent to an activating group) is 1. The number of nitrogens with zero attached hydrogens (tertiary/aromatic N) is 6. The Bertz CT molecular complexity index is 2010. The highest BCUT2D eigenvalue weighted by Crippen LogP contribution is 2.39. The summed E-state index contributed by atoms with van der Waals surface area (Å²) in [5, 5.41) is 10.8. The number of carbonyl (C=O) groups is 1. The van der Waals surface area contributed by atoms with Gasteiger partial charge in [0.1, 0.15) is 47.6 Å². The summed E-state index contributed by atoms with van der Waals surface area (Å²) in [6.07, 6.45) is 8.29. The van der Waals surface area contributed by atoms with Crippen molar-refractivity contribution in [3.63, 3.8) is 0 Å². The van der Waals surface area contributed by atoms with Gasteiger partial charge >= 0.3 is 0 Å². The number of nitrogens with one attached hydrogen (secondary N) is 2. The summed E-state index contributed by atoms with van der Waals surface area (Å²) in [5.41, 5.74) is 2.96. The SMILES string of the molecule is COc1cc(Oc2ccn3ncnc3c2)c(C)cc1Nc1ncnc2cc(OC3CCOC3)c(NC(=O)/C(F)=C\[C@H]3CCCN3C)cc12. The largest absolute Gasteiger partial charge is 0.494 e. The summed E-state index contributed by atoms with van der Waals surface area (Å²) in [4.78, 5) is 28.3. The molecule has 48 heavy (non-hydrogen) atoms. The molecule has 5 heterocycles. The number of rotatable bonds is 10. The quantitative estimate of drug-likeness (QED) is 0.183. The van der Waals surface area contributed by atoms with Gasteiger partial charge in [0.05, 0.1) is 37.2 Å². The zero-order chi connectivity index (χ0) is 33.2. The normalized spacial score (nSPS) is 18.4. The van der Waals surface area contributed by atoms with E-state index in [1.165, 1.54) is 18.7 Å². The van der Waals surface area contributed by atoms with E-state index in [4.69, 9.17) is 18.9 Å². The van der Waals surface area contributed by atoms with Crippen LogP contribution in [0.5, 0.6) is 23.0 Å². The number of halogens is 1. The van der Waals surface area contributed by atoms with Gasteiger partial charge in [-0.25, -0.2) is 23.9 Å². The molecular weight excluding hydrogens is 619 g/mol. The predicted octanol–water partition coefficient (Wildman–Crippen LogP) is 5.58. The van der Waals surface area contributed by atoms with Crippen molar-refractivity contribution in [1.29, 1.82) is 0 Å². The Hall–Kier alpha value is -5.34. The summed E-state index contributed by atoms with van der Waals surface area (Å²) in [6.45, 7) is 3.77. The van der Waals surface area contributed by atoms with Crippen molar-refractivity contribution in [3.05, 3.63) is 72.7 Å². The number of fused-ring (bicyclic) bond motifs is 2. The molecule has 5 aromatic rings. The zero-order valence-electron chi connectivity index (χ0n) is 26.8. The number of hydrogen-bond donors (Lipinski definition) is 2. The fourth-order valence-electron chi connectivity index (χ4n) is 5.90. The summed E-state index contributed by atoms with van der Waals surface area (Å²) < 4.78 is 40.4. The minimum absolute atomic E-state index is 0.129. The maximum absolute atomic E-state index is 15.2. The molecule has 2 atom stereocenters. The monoisotopic (exact) mass is 654 g/mol. The Morgan fingerprint density at radius 1 is 1.06 bits per heavy atom. The number of amides is 1. The second-order valence-electron chi connectivity index (χ2n) is 11.8. The van der Waals surface area contributed by atoms with E-state index in [1.807, 2.05) is 24.9 Å². The minimum Gasteiger partial charge on any atom is -0.494 e. The first-order valence-corrected chi connectivity index (χ1v) is 15.7. The molecule has 0 saturated carbocycles. The Morgan fingerprint density at radius 3 is 2.75 bits per heavy atom. The number of hydrogen-bond acceptors (Lipinski definition) is 11. The first-order valence-electron chi connectivity index (χ1n) is 15.7. The lowest BCUT2D eigenvalue weighted by Gasteiger charge is -2.19. The number of methoxy groups -OCH3 is 1. The molecule has 2 aliphatic rings. The summed E-state index contributed by atoms with van der Waals surface area (Å²) in [6, 6.07) is 10.5. The van der Waals surface area contributed by atoms with Crippen LogP contribution in [0.2, 0.25) is 0 Å². The van der Waals surface area contributed by atoms with Crippen LogP contribution in [0.25, 0.3) is 16.6 Å². The Labute approximate surface area is 275 Å². The van der Waals surface area contributed by atoms with E-state index in [-0.39, 0.29) is 17.8 Å². The lowest BCUT2D eigenvalue weighted by Crippen LogP contribution is -2.24. The van der Waals surface area contributed by atoms with Crippen molar-refractivity contribution in [2.45, 2.75) is 38.3 Å². The Morgan fingerprint density at radius 2 is 1.96 bits per heavy atom. The molecule has 3 aromatic heterocycles. The molecule has 2 aromatic carbocycles. The number of likely N-dealkylation sites (tertiary alicyclic amines) is 1. The number of benzene rings is 2. The van der Waals surface area contributed by atoms with Crippen molar-refractivity contribution < 1.29 is 28.1 Å². The maximum atomic E-state index is 15.2. The van der Waals surface area contributed by atoms with Crippen LogP contribution < -0.4 is 24.8 Å². The molecule has 7 rings (SSSR count). The average molecular weight is 655 g/mol. The molecule has 2 saturated heterocycles. The second kappa shape index (κ2) is 13.4. The van der Waals surface area contributed by atoms with Crippen molar-refractivity contribution in [3.8, 4) is 23.0 Å². The topological polar surface area (TPSA) is 137 Å². The van der Waals surface area contributed by atoms with Crippen LogP contribution >= 0.6 is 0 Å². The molecule has 2 aliphatic heterocycles. The molecular formula is C34H35FN8O5. The van der Waals surface area contributed by atoms with Gasteiger partial charge in [0.2, 0.25) is 0 Å². The second-order valence-corrected chi connectivity index (χ2v) is 11.8. The summed E-state index contributed by atoms with van der Waals surface area (Å²) in [5.74, 6) is 0.793. The average Bonchev–Trinajstić information content (AvgIpc) is 3.86. The molecule has 14 heteroatoms. The van der Waals surface area contributed by atoms with Gasteiger partial charge in [-0.15, -0.1) is 0 Å². The molecule has 2 fully saturated rings. The highest BCUT2D eigenvalue weighted by Gasteiger charge is 2.24. The highest BCUT2D eigenvalue weighted by atomic mass is 19.1. The van der Waals surface area contributed by atoms with Gasteiger partial charge in [0.15, 0.2) is 11.5 Å². The first kappa shape index (κ1) is 31.3. The minimum atomic E-state index is -0.857. The van der Waals surface area contributed by atoms with Crippen molar-refractivity contribution >= 4 is 39.6 Å². The van der Waals surface area contributed by atoms with Crippen LogP contribution in [0.3, 0.4) is 0 Å². The molecule has 2 N–H and O–H groups in total. The van der Waals surface area contributed by atoms with Crippen LogP contribution in [0.1, 0.15) is 24.8 Å². The fourth-order valence-corrected chi connectivity index (χ4v) is 5.90. The van der Waals surface area contributed by atoms with E-state index in [0.717, 1.165) is 24.9 Å². The maximum Gasteiger partial charge on any atom is 0.284 e. The summed E-state index contributed by atoms with van der Waals surface area (Å²) >= 11 is 0. The van der Waals surface area contributed by atoms with Crippen molar-refractivity contribution in [1.82, 2.24) is 29.5 Å². The number of pyridine rings is 1. The lowest BCUT2D eigenvalue weighted by atomic mass is 10.1. The highest BCUT2D eigenvalue weighted by molar-refractivity contribution is 6.05. The number of carbonyl (C=O) groups excluding carboxylic acids is 1. The molecule has 1 unspecified atom stereocenters. The number of anilines is 3. The van der Waals surface area contributed by atoms with Gasteiger partial charge < -0.3 is 29.6 Å². The third kappa shape index (κ3) is 6.57. The van der Waals surface area contributed by atoms with Gasteiger partial charge in [-0.2, -0.15) is 5.10 Å². The van der Waals surface area contributed by atoms with Crippen LogP contribution in [0.15, 0.2) is 67.2 Å². The molecule has 0 aliphatic carbocycles. The van der Waals surface area contributed by atoms with Gasteiger partial charge in [-0.3, -0.25) is 9.69 Å².